The third kappa shape index (κ3) is 4.24. The average molecular weight is 437 g/mol. The van der Waals surface area contributed by atoms with E-state index < -0.39 is 17.9 Å². The molecule has 0 bridgehead atoms. The van der Waals surface area contributed by atoms with E-state index in [1.165, 1.54) is 23.1 Å². The molecule has 168 valence electrons. The number of amides is 3. The molecule has 4 rings (SSSR count). The number of carbonyl (C=O) groups excluding carboxylic acids is 3. The minimum Gasteiger partial charge on any atom is -0.387 e. The van der Waals surface area contributed by atoms with Crippen molar-refractivity contribution in [3.05, 3.63) is 64.7 Å². The SMILES string of the molecule is CC(C)N1C(=O)c2ccc(C(=O)NCC(O)c3ccc(N4CCOCC4)cc3)cc2C1=O. The van der Waals surface area contributed by atoms with Crippen LogP contribution >= 0.6 is 0 Å². The second kappa shape index (κ2) is 9.10. The maximum Gasteiger partial charge on any atom is 0.261 e. The minimum atomic E-state index is -0.869. The van der Waals surface area contributed by atoms with Gasteiger partial charge < -0.3 is 20.1 Å². The lowest BCUT2D eigenvalue weighted by molar-refractivity contribution is 0.0609. The lowest BCUT2D eigenvalue weighted by Gasteiger charge is -2.29. The Morgan fingerprint density at radius 2 is 1.69 bits per heavy atom. The first-order valence-corrected chi connectivity index (χ1v) is 10.8. The zero-order valence-corrected chi connectivity index (χ0v) is 18.2. The van der Waals surface area contributed by atoms with E-state index in [2.05, 4.69) is 10.2 Å². The zero-order chi connectivity index (χ0) is 22.8. The third-order valence-corrected chi connectivity index (χ3v) is 5.81. The van der Waals surface area contributed by atoms with Gasteiger partial charge in [0.15, 0.2) is 0 Å². The summed E-state index contributed by atoms with van der Waals surface area (Å²) in [5.74, 6) is -1.15. The number of nitrogens with zero attached hydrogens (tertiary/aromatic N) is 2. The van der Waals surface area contributed by atoms with Crippen LogP contribution in [0.1, 0.15) is 56.6 Å². The fourth-order valence-electron chi connectivity index (χ4n) is 4.01. The lowest BCUT2D eigenvalue weighted by atomic mass is 10.0. The van der Waals surface area contributed by atoms with Crippen LogP contribution in [0.4, 0.5) is 5.69 Å². The Hall–Kier alpha value is -3.23. The van der Waals surface area contributed by atoms with Crippen molar-refractivity contribution in [2.75, 3.05) is 37.7 Å². The molecular formula is C24H27N3O5. The fourth-order valence-corrected chi connectivity index (χ4v) is 4.01. The molecule has 8 heteroatoms. The molecular weight excluding hydrogens is 410 g/mol. The van der Waals surface area contributed by atoms with Crippen LogP contribution in [0.25, 0.3) is 0 Å². The highest BCUT2D eigenvalue weighted by molar-refractivity contribution is 6.22. The van der Waals surface area contributed by atoms with Crippen molar-refractivity contribution in [1.29, 1.82) is 0 Å². The number of morpholine rings is 1. The van der Waals surface area contributed by atoms with Crippen LogP contribution in [0.2, 0.25) is 0 Å². The maximum absolute atomic E-state index is 12.6. The van der Waals surface area contributed by atoms with Gasteiger partial charge in [0, 0.05) is 36.9 Å². The summed E-state index contributed by atoms with van der Waals surface area (Å²) < 4.78 is 5.37. The number of imide groups is 1. The topological polar surface area (TPSA) is 99.2 Å². The van der Waals surface area contributed by atoms with Crippen LogP contribution in [-0.4, -0.2) is 66.6 Å². The molecule has 1 fully saturated rings. The summed E-state index contributed by atoms with van der Waals surface area (Å²) in [6.07, 6.45) is -0.869. The molecule has 2 aromatic rings. The smallest absolute Gasteiger partial charge is 0.261 e. The Balaban J connectivity index is 1.38. The van der Waals surface area contributed by atoms with Gasteiger partial charge in [-0.2, -0.15) is 0 Å². The highest BCUT2D eigenvalue weighted by Crippen LogP contribution is 2.26. The number of nitrogens with one attached hydrogen (secondary N) is 1. The molecule has 0 radical (unpaired) electrons. The van der Waals surface area contributed by atoms with Crippen molar-refractivity contribution in [3.8, 4) is 0 Å². The number of rotatable bonds is 6. The van der Waals surface area contributed by atoms with Crippen LogP contribution in [0, 0.1) is 0 Å². The standard InChI is InChI=1S/C24H27N3O5/c1-15(2)27-23(30)19-8-5-17(13-20(19)24(27)31)22(29)25-14-21(28)16-3-6-18(7-4-16)26-9-11-32-12-10-26/h3-8,13,15,21,28H,9-12,14H2,1-2H3,(H,25,29). The quantitative estimate of drug-likeness (QED) is 0.671. The number of carbonyl (C=O) groups is 3. The van der Waals surface area contributed by atoms with Crippen LogP contribution < -0.4 is 10.2 Å². The van der Waals surface area contributed by atoms with Crippen molar-refractivity contribution in [2.24, 2.45) is 0 Å². The highest BCUT2D eigenvalue weighted by atomic mass is 16.5. The van der Waals surface area contributed by atoms with Crippen molar-refractivity contribution in [2.45, 2.75) is 26.0 Å². The van der Waals surface area contributed by atoms with Crippen molar-refractivity contribution >= 4 is 23.4 Å². The summed E-state index contributed by atoms with van der Waals surface area (Å²) >= 11 is 0. The molecule has 2 aromatic carbocycles. The summed E-state index contributed by atoms with van der Waals surface area (Å²) in [5.41, 5.74) is 2.58. The fraction of sp³-hybridized carbons (Fsp3) is 0.375. The predicted molar refractivity (Wildman–Crippen MR) is 119 cm³/mol. The maximum atomic E-state index is 12.6. The molecule has 8 nitrogen and oxygen atoms in total. The van der Waals surface area contributed by atoms with Gasteiger partial charge in [0.1, 0.15) is 0 Å². The van der Waals surface area contributed by atoms with E-state index in [9.17, 15) is 19.5 Å². The van der Waals surface area contributed by atoms with Crippen molar-refractivity contribution < 1.29 is 24.2 Å². The second-order valence-electron chi connectivity index (χ2n) is 8.25. The number of benzene rings is 2. The first kappa shape index (κ1) is 22.0. The summed E-state index contributed by atoms with van der Waals surface area (Å²) in [6.45, 7) is 6.64. The van der Waals surface area contributed by atoms with Crippen molar-refractivity contribution in [1.82, 2.24) is 10.2 Å². The van der Waals surface area contributed by atoms with Gasteiger partial charge in [-0.25, -0.2) is 0 Å². The summed E-state index contributed by atoms with van der Waals surface area (Å²) in [6, 6.07) is 11.8. The molecule has 3 amide bonds. The van der Waals surface area contributed by atoms with Crippen LogP contribution in [-0.2, 0) is 4.74 Å². The van der Waals surface area contributed by atoms with Gasteiger partial charge in [0.2, 0.25) is 0 Å². The molecule has 0 spiro atoms. The summed E-state index contributed by atoms with van der Waals surface area (Å²) in [5, 5.41) is 13.2. The van der Waals surface area contributed by atoms with E-state index in [1.807, 2.05) is 24.3 Å². The molecule has 0 aliphatic carbocycles. The average Bonchev–Trinajstić information content (AvgIpc) is 3.07. The minimum absolute atomic E-state index is 0.0256. The van der Waals surface area contributed by atoms with Crippen LogP contribution in [0.3, 0.4) is 0 Å². The number of aliphatic hydroxyl groups is 1. The van der Waals surface area contributed by atoms with Crippen molar-refractivity contribution in [3.63, 3.8) is 0 Å². The Kier molecular flexibility index (Phi) is 6.25. The highest BCUT2D eigenvalue weighted by Gasteiger charge is 2.37. The van der Waals surface area contributed by atoms with Gasteiger partial charge in [-0.05, 0) is 49.7 Å². The first-order chi connectivity index (χ1) is 15.4. The van der Waals surface area contributed by atoms with Gasteiger partial charge in [-0.15, -0.1) is 0 Å². The number of fused-ring (bicyclic) bond motifs is 1. The lowest BCUT2D eigenvalue weighted by Crippen LogP contribution is -2.36. The molecule has 1 saturated heterocycles. The number of anilines is 1. The van der Waals surface area contributed by atoms with Crippen LogP contribution in [0.5, 0.6) is 0 Å². The Bertz CT molecular complexity index is 1030. The van der Waals surface area contributed by atoms with Gasteiger partial charge in [0.05, 0.1) is 30.4 Å². The van der Waals surface area contributed by atoms with Gasteiger partial charge in [-0.3, -0.25) is 19.3 Å². The second-order valence-corrected chi connectivity index (χ2v) is 8.25. The summed E-state index contributed by atoms with van der Waals surface area (Å²) in [4.78, 5) is 40.9. The zero-order valence-electron chi connectivity index (χ0n) is 18.2. The Labute approximate surface area is 186 Å². The van der Waals surface area contributed by atoms with Gasteiger partial charge in [-0.1, -0.05) is 12.1 Å². The normalized spacial score (nSPS) is 17.0. The Morgan fingerprint density at radius 1 is 1.03 bits per heavy atom. The molecule has 1 atom stereocenters. The van der Waals surface area contributed by atoms with E-state index in [-0.39, 0.29) is 29.6 Å². The van der Waals surface area contributed by atoms with Gasteiger partial charge >= 0.3 is 0 Å². The molecule has 0 saturated carbocycles. The number of hydrogen-bond acceptors (Lipinski definition) is 6. The number of hydrogen-bond donors (Lipinski definition) is 2. The molecule has 0 aromatic heterocycles. The van der Waals surface area contributed by atoms with E-state index in [0.717, 1.165) is 18.8 Å². The van der Waals surface area contributed by atoms with E-state index in [0.29, 0.717) is 24.3 Å². The molecule has 2 N–H and O–H groups in total. The number of ether oxygens (including phenoxy) is 1. The molecule has 2 aliphatic rings. The molecule has 2 heterocycles. The predicted octanol–water partition coefficient (Wildman–Crippen LogP) is 1.99. The molecule has 2 aliphatic heterocycles. The Morgan fingerprint density at radius 3 is 2.34 bits per heavy atom. The van der Waals surface area contributed by atoms with Gasteiger partial charge in [0.25, 0.3) is 17.7 Å². The largest absolute Gasteiger partial charge is 0.387 e. The van der Waals surface area contributed by atoms with E-state index in [1.54, 1.807) is 13.8 Å². The monoisotopic (exact) mass is 437 g/mol. The van der Waals surface area contributed by atoms with E-state index in [4.69, 9.17) is 4.74 Å². The third-order valence-electron chi connectivity index (χ3n) is 5.81. The van der Waals surface area contributed by atoms with Crippen LogP contribution in [0.15, 0.2) is 42.5 Å². The number of aliphatic hydroxyl groups excluding tert-OH is 1. The van der Waals surface area contributed by atoms with E-state index >= 15 is 0 Å². The molecule has 32 heavy (non-hydrogen) atoms. The molecule has 1 unspecified atom stereocenters. The summed E-state index contributed by atoms with van der Waals surface area (Å²) in [7, 11) is 0. The first-order valence-electron chi connectivity index (χ1n) is 10.8.